The lowest BCUT2D eigenvalue weighted by atomic mass is 10.4. The zero-order valence-electron chi connectivity index (χ0n) is 4.87. The summed E-state index contributed by atoms with van der Waals surface area (Å²) in [6.07, 6.45) is 0. The van der Waals surface area contributed by atoms with Gasteiger partial charge in [0.25, 0.3) is 0 Å². The number of nitrogen functional groups attached to an aromatic ring is 2. The van der Waals surface area contributed by atoms with Crippen LogP contribution in [0.3, 0.4) is 0 Å². The van der Waals surface area contributed by atoms with Crippen LogP contribution in [0.2, 0.25) is 0 Å². The summed E-state index contributed by atoms with van der Waals surface area (Å²) in [7, 11) is 0. The van der Waals surface area contributed by atoms with E-state index in [1.54, 1.807) is 0 Å². The second-order valence-electron chi connectivity index (χ2n) is 1.79. The first kappa shape index (κ1) is 5.87. The van der Waals surface area contributed by atoms with E-state index in [9.17, 15) is 0 Å². The fourth-order valence-electron chi connectivity index (χ4n) is 0.727. The van der Waals surface area contributed by atoms with Gasteiger partial charge in [-0.3, -0.25) is 0 Å². The predicted octanol–water partition coefficient (Wildman–Crippen LogP) is 1.64. The molecule has 0 saturated carbocycles. The smallest absolute Gasteiger partial charge is 0.141 e. The maximum absolute atomic E-state index is 5.56. The highest BCUT2D eigenvalue weighted by Crippen LogP contribution is 2.48. The van der Waals surface area contributed by atoms with E-state index in [-0.39, 0.29) is 0 Å². The highest BCUT2D eigenvalue weighted by atomic mass is 32.1. The van der Waals surface area contributed by atoms with Crippen LogP contribution in [-0.4, -0.2) is 0 Å². The van der Waals surface area contributed by atoms with Gasteiger partial charge in [-0.25, -0.2) is 0 Å². The molecule has 0 amide bonds. The number of rotatable bonds is 0. The molecular weight excluding hydrogens is 168 g/mol. The number of hydrogen-bond donors (Lipinski definition) is 2. The van der Waals surface area contributed by atoms with Crippen molar-refractivity contribution in [2.45, 2.75) is 0 Å². The van der Waals surface area contributed by atoms with Gasteiger partial charge in [-0.2, -0.15) is 8.73 Å². The van der Waals surface area contributed by atoms with Crippen molar-refractivity contribution >= 4 is 44.1 Å². The summed E-state index contributed by atoms with van der Waals surface area (Å²) >= 11 is 2.46. The monoisotopic (exact) mass is 172 g/mol. The highest BCUT2D eigenvalue weighted by Gasteiger charge is 2.15. The summed E-state index contributed by atoms with van der Waals surface area (Å²) < 4.78 is 7.95. The first-order valence-electron chi connectivity index (χ1n) is 2.55. The van der Waals surface area contributed by atoms with E-state index in [4.69, 9.17) is 11.5 Å². The molecule has 4 nitrogen and oxygen atoms in total. The normalized spacial score (nSPS) is 13.2. The van der Waals surface area contributed by atoms with Crippen molar-refractivity contribution in [1.29, 1.82) is 0 Å². The van der Waals surface area contributed by atoms with Crippen LogP contribution < -0.4 is 11.5 Å². The van der Waals surface area contributed by atoms with Gasteiger partial charge in [0.2, 0.25) is 0 Å². The Morgan fingerprint density at radius 2 is 1.50 bits per heavy atom. The van der Waals surface area contributed by atoms with Gasteiger partial charge in [0, 0.05) is 0 Å². The van der Waals surface area contributed by atoms with Crippen LogP contribution in [0.25, 0.3) is 0 Å². The largest absolute Gasteiger partial charge is 0.389 e. The molecule has 0 aliphatic carbocycles. The average Bonchev–Trinajstić information content (AvgIpc) is 2.39. The van der Waals surface area contributed by atoms with Crippen LogP contribution in [0.5, 0.6) is 0 Å². The second kappa shape index (κ2) is 1.80. The number of hydrogen-bond acceptors (Lipinski definition) is 5. The van der Waals surface area contributed by atoms with Crippen LogP contribution >= 0.6 is 11.3 Å². The molecule has 4 N–H and O–H groups in total. The van der Waals surface area contributed by atoms with Gasteiger partial charge in [-0.1, -0.05) is 11.3 Å². The Balaban J connectivity index is 2.77. The van der Waals surface area contributed by atoms with Gasteiger partial charge in [-0.15, -0.1) is 0 Å². The number of nitrogens with two attached hydrogens (primary N) is 2. The van der Waals surface area contributed by atoms with E-state index in [1.165, 1.54) is 11.3 Å². The molecule has 52 valence electrons. The number of nitrogens with zero attached hydrogens (tertiary/aromatic N) is 2. The zero-order valence-corrected chi connectivity index (χ0v) is 6.50. The topological polar surface area (TPSA) is 76.8 Å². The Hall–Kier alpha value is -0.880. The maximum Gasteiger partial charge on any atom is 0.141 e. The quantitative estimate of drug-likeness (QED) is 0.633. The molecule has 0 aromatic carbocycles. The van der Waals surface area contributed by atoms with Crippen LogP contribution in [0.1, 0.15) is 0 Å². The Bertz CT molecular complexity index is 318. The highest BCUT2D eigenvalue weighted by molar-refractivity contribution is 7.58. The first-order valence-corrected chi connectivity index (χ1v) is 4.09. The predicted molar refractivity (Wildman–Crippen MR) is 44.7 cm³/mol. The minimum Gasteiger partial charge on any atom is -0.389 e. The molecule has 0 radical (unpaired) electrons. The zero-order chi connectivity index (χ0) is 7.14. The molecular formula is C4H4N4S2. The Labute approximate surface area is 64.7 Å². The fraction of sp³-hybridized carbons (Fsp3) is 0. The molecule has 0 fully saturated rings. The van der Waals surface area contributed by atoms with Crippen LogP contribution in [0, 0.1) is 0 Å². The van der Waals surface area contributed by atoms with Crippen LogP contribution in [0.15, 0.2) is 8.73 Å². The molecule has 6 heteroatoms. The average molecular weight is 172 g/mol. The Kier molecular flexibility index (Phi) is 1.06. The molecule has 0 atom stereocenters. The van der Waals surface area contributed by atoms with Crippen molar-refractivity contribution in [2.75, 3.05) is 11.5 Å². The van der Waals surface area contributed by atoms with Gasteiger partial charge in [-0.05, 0) is 0 Å². The first-order chi connectivity index (χ1) is 4.79. The van der Waals surface area contributed by atoms with E-state index >= 15 is 0 Å². The van der Waals surface area contributed by atoms with E-state index < -0.39 is 0 Å². The van der Waals surface area contributed by atoms with Gasteiger partial charge in [0.1, 0.15) is 21.4 Å². The fourth-order valence-corrected chi connectivity index (χ4v) is 2.13. The molecule has 0 bridgehead atoms. The summed E-state index contributed by atoms with van der Waals surface area (Å²) in [4.78, 5) is 0. The molecule has 10 heavy (non-hydrogen) atoms. The van der Waals surface area contributed by atoms with Crippen molar-refractivity contribution < 1.29 is 0 Å². The molecule has 2 heterocycles. The van der Waals surface area contributed by atoms with Gasteiger partial charge >= 0.3 is 0 Å². The summed E-state index contributed by atoms with van der Waals surface area (Å²) in [5.41, 5.74) is 12.6. The molecule has 1 aliphatic heterocycles. The van der Waals surface area contributed by atoms with Gasteiger partial charge in [0.15, 0.2) is 0 Å². The van der Waals surface area contributed by atoms with Crippen LogP contribution in [0.4, 0.5) is 21.4 Å². The van der Waals surface area contributed by atoms with Gasteiger partial charge in [0.05, 0.1) is 11.4 Å². The number of thiophene rings is 1. The molecule has 1 aromatic rings. The second-order valence-corrected chi connectivity index (χ2v) is 3.40. The Morgan fingerprint density at radius 3 is 2.00 bits per heavy atom. The summed E-state index contributed by atoms with van der Waals surface area (Å²) in [5.74, 6) is 0. The van der Waals surface area contributed by atoms with Crippen molar-refractivity contribution in [3.8, 4) is 0 Å². The SMILES string of the molecule is Nc1sc(N)c2c1N=S=N2. The van der Waals surface area contributed by atoms with E-state index in [0.717, 1.165) is 22.7 Å². The molecule has 0 spiro atoms. The number of anilines is 2. The Morgan fingerprint density at radius 1 is 1.00 bits per heavy atom. The van der Waals surface area contributed by atoms with Crippen LogP contribution in [-0.2, 0) is 11.4 Å². The molecule has 0 saturated heterocycles. The van der Waals surface area contributed by atoms with Crippen molar-refractivity contribution in [1.82, 2.24) is 0 Å². The number of fused-ring (bicyclic) bond motifs is 1. The molecule has 1 aromatic heterocycles. The molecule has 2 rings (SSSR count). The lowest BCUT2D eigenvalue weighted by molar-refractivity contribution is 1.61. The summed E-state index contributed by atoms with van der Waals surface area (Å²) in [5, 5.41) is 1.31. The standard InChI is InChI=1S/C4H4N4S2/c5-3-1-2(4(6)9-3)8-10-7-1/h5-6H2. The summed E-state index contributed by atoms with van der Waals surface area (Å²) in [6, 6.07) is 0. The third-order valence-electron chi connectivity index (χ3n) is 1.18. The van der Waals surface area contributed by atoms with Crippen molar-refractivity contribution in [3.63, 3.8) is 0 Å². The van der Waals surface area contributed by atoms with Gasteiger partial charge < -0.3 is 11.5 Å². The van der Waals surface area contributed by atoms with E-state index in [0.29, 0.717) is 10.0 Å². The molecule has 1 aliphatic rings. The van der Waals surface area contributed by atoms with E-state index in [1.807, 2.05) is 0 Å². The lowest BCUT2D eigenvalue weighted by Gasteiger charge is -1.82. The lowest BCUT2D eigenvalue weighted by Crippen LogP contribution is -1.76. The molecule has 0 unspecified atom stereocenters. The minimum atomic E-state index is 0.654. The van der Waals surface area contributed by atoms with Crippen molar-refractivity contribution in [2.24, 2.45) is 8.73 Å². The van der Waals surface area contributed by atoms with Crippen molar-refractivity contribution in [3.05, 3.63) is 0 Å². The minimum absolute atomic E-state index is 0.654. The third kappa shape index (κ3) is 0.598. The third-order valence-corrected chi connectivity index (χ3v) is 2.53. The van der Waals surface area contributed by atoms with E-state index in [2.05, 4.69) is 8.73 Å². The maximum atomic E-state index is 5.56. The summed E-state index contributed by atoms with van der Waals surface area (Å²) in [6.45, 7) is 0.